The van der Waals surface area contributed by atoms with Crippen LogP contribution in [0.25, 0.3) is 0 Å². The van der Waals surface area contributed by atoms with Crippen molar-refractivity contribution in [2.45, 2.75) is 17.7 Å². The molecule has 0 aliphatic heterocycles. The summed E-state index contributed by atoms with van der Waals surface area (Å²) >= 11 is 1.04. The SMILES string of the molecule is Cc1cccc(NC(=O)NCc2ccc(S(N)(=O)=O)s2)c1. The molecule has 0 saturated carbocycles. The molecule has 2 aromatic rings. The van der Waals surface area contributed by atoms with E-state index in [1.807, 2.05) is 25.1 Å². The van der Waals surface area contributed by atoms with E-state index in [2.05, 4.69) is 10.6 Å². The van der Waals surface area contributed by atoms with Crippen molar-refractivity contribution in [2.24, 2.45) is 5.14 Å². The molecule has 2 rings (SSSR count). The molecule has 0 spiro atoms. The summed E-state index contributed by atoms with van der Waals surface area (Å²) in [5, 5.41) is 10.4. The minimum Gasteiger partial charge on any atom is -0.333 e. The predicted octanol–water partition coefficient (Wildman–Crippen LogP) is 2.03. The Morgan fingerprint density at radius 2 is 2.05 bits per heavy atom. The average Bonchev–Trinajstić information content (AvgIpc) is 2.85. The van der Waals surface area contributed by atoms with Gasteiger partial charge in [-0.15, -0.1) is 11.3 Å². The van der Waals surface area contributed by atoms with Crippen molar-refractivity contribution in [3.8, 4) is 0 Å². The number of carbonyl (C=O) groups excluding carboxylic acids is 1. The molecule has 1 aromatic heterocycles. The van der Waals surface area contributed by atoms with Crippen LogP contribution in [0.3, 0.4) is 0 Å². The van der Waals surface area contributed by atoms with Gasteiger partial charge in [0.1, 0.15) is 4.21 Å². The third-order valence-electron chi connectivity index (χ3n) is 2.62. The van der Waals surface area contributed by atoms with E-state index in [0.717, 1.165) is 16.9 Å². The summed E-state index contributed by atoms with van der Waals surface area (Å²) in [6, 6.07) is 10.1. The molecule has 0 fully saturated rings. The second-order valence-electron chi connectivity index (χ2n) is 4.44. The largest absolute Gasteiger partial charge is 0.333 e. The molecule has 0 bridgehead atoms. The number of aryl methyl sites for hydroxylation is 1. The Hall–Kier alpha value is -1.90. The van der Waals surface area contributed by atoms with Crippen molar-refractivity contribution in [1.82, 2.24) is 5.32 Å². The number of nitrogens with two attached hydrogens (primary N) is 1. The fraction of sp³-hybridized carbons (Fsp3) is 0.154. The summed E-state index contributed by atoms with van der Waals surface area (Å²) in [6.07, 6.45) is 0. The highest BCUT2D eigenvalue weighted by Gasteiger charge is 2.11. The zero-order valence-electron chi connectivity index (χ0n) is 11.3. The lowest BCUT2D eigenvalue weighted by Gasteiger charge is -2.07. The molecule has 112 valence electrons. The van der Waals surface area contributed by atoms with Gasteiger partial charge in [0, 0.05) is 10.6 Å². The first-order valence-corrected chi connectivity index (χ1v) is 8.44. The van der Waals surface area contributed by atoms with Gasteiger partial charge in [0.2, 0.25) is 10.0 Å². The monoisotopic (exact) mass is 325 g/mol. The molecule has 0 aliphatic carbocycles. The molecule has 2 amide bonds. The molecular formula is C13H15N3O3S2. The molecular weight excluding hydrogens is 310 g/mol. The minimum absolute atomic E-state index is 0.0818. The number of primary sulfonamides is 1. The van der Waals surface area contributed by atoms with Crippen LogP contribution in [0.1, 0.15) is 10.4 Å². The van der Waals surface area contributed by atoms with Gasteiger partial charge in [-0.3, -0.25) is 0 Å². The summed E-state index contributed by atoms with van der Waals surface area (Å²) in [5.41, 5.74) is 1.74. The van der Waals surface area contributed by atoms with Crippen LogP contribution in [0.4, 0.5) is 10.5 Å². The molecule has 21 heavy (non-hydrogen) atoms. The summed E-state index contributed by atoms with van der Waals surface area (Å²) in [5.74, 6) is 0. The maximum atomic E-state index is 11.7. The molecule has 0 aliphatic rings. The normalized spacial score (nSPS) is 11.1. The number of urea groups is 1. The van der Waals surface area contributed by atoms with Crippen molar-refractivity contribution in [1.29, 1.82) is 0 Å². The first kappa shape index (κ1) is 15.5. The van der Waals surface area contributed by atoms with Crippen molar-refractivity contribution in [2.75, 3.05) is 5.32 Å². The minimum atomic E-state index is -3.68. The lowest BCUT2D eigenvalue weighted by Crippen LogP contribution is -2.27. The molecule has 0 unspecified atom stereocenters. The highest BCUT2D eigenvalue weighted by Crippen LogP contribution is 2.20. The van der Waals surface area contributed by atoms with E-state index in [4.69, 9.17) is 5.14 Å². The van der Waals surface area contributed by atoms with Gasteiger partial charge >= 0.3 is 6.03 Å². The number of anilines is 1. The second kappa shape index (κ2) is 6.25. The van der Waals surface area contributed by atoms with Gasteiger partial charge in [0.25, 0.3) is 0 Å². The van der Waals surface area contributed by atoms with Crippen molar-refractivity contribution >= 4 is 33.1 Å². The summed E-state index contributed by atoms with van der Waals surface area (Å²) in [6.45, 7) is 2.17. The molecule has 8 heteroatoms. The third kappa shape index (κ3) is 4.55. The number of hydrogen-bond acceptors (Lipinski definition) is 4. The van der Waals surface area contributed by atoms with Crippen LogP contribution < -0.4 is 15.8 Å². The van der Waals surface area contributed by atoms with Crippen LogP contribution in [-0.2, 0) is 16.6 Å². The zero-order chi connectivity index (χ0) is 15.5. The number of carbonyl (C=O) groups is 1. The topological polar surface area (TPSA) is 101 Å². The van der Waals surface area contributed by atoms with Gasteiger partial charge in [-0.1, -0.05) is 12.1 Å². The van der Waals surface area contributed by atoms with Crippen LogP contribution in [0, 0.1) is 6.92 Å². The van der Waals surface area contributed by atoms with Gasteiger partial charge in [-0.2, -0.15) is 0 Å². The molecule has 1 aromatic carbocycles. The lowest BCUT2D eigenvalue weighted by molar-refractivity contribution is 0.252. The fourth-order valence-corrected chi connectivity index (χ4v) is 3.39. The summed E-state index contributed by atoms with van der Waals surface area (Å²) in [4.78, 5) is 12.4. The maximum absolute atomic E-state index is 11.7. The number of sulfonamides is 1. The Morgan fingerprint density at radius 3 is 2.67 bits per heavy atom. The van der Waals surface area contributed by atoms with E-state index >= 15 is 0 Å². The molecule has 6 nitrogen and oxygen atoms in total. The second-order valence-corrected chi connectivity index (χ2v) is 7.40. The molecule has 0 saturated heterocycles. The van der Waals surface area contributed by atoms with E-state index < -0.39 is 10.0 Å². The smallest absolute Gasteiger partial charge is 0.319 e. The Labute approximate surface area is 127 Å². The van der Waals surface area contributed by atoms with Gasteiger partial charge in [0.15, 0.2) is 0 Å². The number of thiophene rings is 1. The fourth-order valence-electron chi connectivity index (χ4n) is 1.67. The van der Waals surface area contributed by atoms with Gasteiger partial charge in [-0.25, -0.2) is 18.4 Å². The first-order valence-electron chi connectivity index (χ1n) is 6.07. The highest BCUT2D eigenvalue weighted by molar-refractivity contribution is 7.91. The predicted molar refractivity (Wildman–Crippen MR) is 82.7 cm³/mol. The molecule has 0 atom stereocenters. The van der Waals surface area contributed by atoms with Crippen molar-refractivity contribution in [3.63, 3.8) is 0 Å². The number of amides is 2. The highest BCUT2D eigenvalue weighted by atomic mass is 32.2. The van der Waals surface area contributed by atoms with E-state index in [1.165, 1.54) is 6.07 Å². The number of benzene rings is 1. The van der Waals surface area contributed by atoms with Crippen LogP contribution >= 0.6 is 11.3 Å². The standard InChI is InChI=1S/C13H15N3O3S2/c1-9-3-2-4-10(7-9)16-13(17)15-8-11-5-6-12(20-11)21(14,18)19/h2-7H,8H2,1H3,(H2,14,18,19)(H2,15,16,17). The number of nitrogens with one attached hydrogen (secondary N) is 2. The van der Waals surface area contributed by atoms with Crippen molar-refractivity contribution < 1.29 is 13.2 Å². The van der Waals surface area contributed by atoms with Crippen LogP contribution in [0.2, 0.25) is 0 Å². The van der Waals surface area contributed by atoms with E-state index in [0.29, 0.717) is 10.6 Å². The third-order valence-corrected chi connectivity index (χ3v) is 5.14. The van der Waals surface area contributed by atoms with Gasteiger partial charge in [-0.05, 0) is 36.8 Å². The summed E-state index contributed by atoms with van der Waals surface area (Å²) < 4.78 is 22.4. The Morgan fingerprint density at radius 1 is 1.29 bits per heavy atom. The Bertz CT molecular complexity index is 754. The van der Waals surface area contributed by atoms with Gasteiger partial charge in [0.05, 0.1) is 6.54 Å². The Balaban J connectivity index is 1.91. The molecule has 1 heterocycles. The van der Waals surface area contributed by atoms with E-state index in [1.54, 1.807) is 12.1 Å². The molecule has 0 radical (unpaired) electrons. The van der Waals surface area contributed by atoms with E-state index in [-0.39, 0.29) is 16.8 Å². The van der Waals surface area contributed by atoms with Crippen LogP contribution in [0.5, 0.6) is 0 Å². The zero-order valence-corrected chi connectivity index (χ0v) is 12.9. The van der Waals surface area contributed by atoms with Gasteiger partial charge < -0.3 is 10.6 Å². The Kier molecular flexibility index (Phi) is 4.61. The summed E-state index contributed by atoms with van der Waals surface area (Å²) in [7, 11) is -3.68. The maximum Gasteiger partial charge on any atom is 0.319 e. The van der Waals surface area contributed by atoms with Crippen LogP contribution in [-0.4, -0.2) is 14.4 Å². The molecule has 4 N–H and O–H groups in total. The number of rotatable bonds is 4. The first-order chi connectivity index (χ1) is 9.84. The number of hydrogen-bond donors (Lipinski definition) is 3. The average molecular weight is 325 g/mol. The lowest BCUT2D eigenvalue weighted by atomic mass is 10.2. The van der Waals surface area contributed by atoms with Crippen LogP contribution in [0.15, 0.2) is 40.6 Å². The van der Waals surface area contributed by atoms with E-state index in [9.17, 15) is 13.2 Å². The quantitative estimate of drug-likeness (QED) is 0.801. The van der Waals surface area contributed by atoms with Crippen molar-refractivity contribution in [3.05, 3.63) is 46.8 Å².